The third-order valence-corrected chi connectivity index (χ3v) is 5.53. The highest BCUT2D eigenvalue weighted by molar-refractivity contribution is 9.13. The van der Waals surface area contributed by atoms with Crippen molar-refractivity contribution in [3.8, 4) is 11.4 Å². The Balaban J connectivity index is 2.44. The van der Waals surface area contributed by atoms with Crippen LogP contribution in [0, 0.1) is 5.82 Å². The second kappa shape index (κ2) is 5.13. The summed E-state index contributed by atoms with van der Waals surface area (Å²) in [6, 6.07) is 6.07. The first kappa shape index (κ1) is 14.0. The van der Waals surface area contributed by atoms with Gasteiger partial charge in [0, 0.05) is 5.69 Å². The van der Waals surface area contributed by atoms with E-state index in [1.165, 1.54) is 18.3 Å². The molecule has 1 aromatic carbocycles. The standard InChI is InChI=1S/C13H6Br3FN2O/c14-10-9-8(20)5-18-12(15)11(9)19(13(10)16)7-3-1-6(17)2-4-7/h1-5,20H. The molecular formula is C13H6Br3FN2O. The molecule has 3 rings (SSSR count). The largest absolute Gasteiger partial charge is 0.506 e. The average molecular weight is 465 g/mol. The lowest BCUT2D eigenvalue weighted by Crippen LogP contribution is -1.95. The maximum absolute atomic E-state index is 13.1. The number of fused-ring (bicyclic) bond motifs is 1. The molecule has 3 aromatic rings. The zero-order valence-corrected chi connectivity index (χ0v) is 14.5. The molecule has 0 saturated carbocycles. The normalized spacial score (nSPS) is 11.2. The summed E-state index contributed by atoms with van der Waals surface area (Å²) in [5.41, 5.74) is 1.44. The van der Waals surface area contributed by atoms with Gasteiger partial charge in [-0.15, -0.1) is 0 Å². The quantitative estimate of drug-likeness (QED) is 0.505. The van der Waals surface area contributed by atoms with E-state index in [-0.39, 0.29) is 11.6 Å². The summed E-state index contributed by atoms with van der Waals surface area (Å²) in [6.07, 6.45) is 1.37. The molecule has 3 nitrogen and oxygen atoms in total. The molecule has 0 unspecified atom stereocenters. The fraction of sp³-hybridized carbons (Fsp3) is 0. The minimum absolute atomic E-state index is 0.0663. The van der Waals surface area contributed by atoms with Crippen LogP contribution in [0.2, 0.25) is 0 Å². The lowest BCUT2D eigenvalue weighted by molar-refractivity contribution is 0.479. The summed E-state index contributed by atoms with van der Waals surface area (Å²) < 4.78 is 16.9. The second-order valence-electron chi connectivity index (χ2n) is 4.07. The van der Waals surface area contributed by atoms with E-state index in [0.717, 1.165) is 5.69 Å². The number of pyridine rings is 1. The van der Waals surface area contributed by atoms with Crippen molar-refractivity contribution in [2.75, 3.05) is 0 Å². The van der Waals surface area contributed by atoms with Gasteiger partial charge in [0.05, 0.1) is 21.6 Å². The number of aromatic nitrogens is 2. The van der Waals surface area contributed by atoms with Gasteiger partial charge in [0.15, 0.2) is 0 Å². The van der Waals surface area contributed by atoms with E-state index < -0.39 is 0 Å². The predicted molar refractivity (Wildman–Crippen MR) is 85.8 cm³/mol. The Kier molecular flexibility index (Phi) is 3.60. The summed E-state index contributed by atoms with van der Waals surface area (Å²) in [7, 11) is 0. The highest BCUT2D eigenvalue weighted by Crippen LogP contribution is 2.43. The summed E-state index contributed by atoms with van der Waals surface area (Å²) in [5.74, 6) is -0.239. The number of nitrogens with zero attached hydrogens (tertiary/aromatic N) is 2. The lowest BCUT2D eigenvalue weighted by atomic mass is 10.3. The predicted octanol–water partition coefficient (Wildman–Crippen LogP) is 5.16. The number of hydrogen-bond acceptors (Lipinski definition) is 2. The fourth-order valence-electron chi connectivity index (χ4n) is 2.02. The first-order chi connectivity index (χ1) is 9.50. The summed E-state index contributed by atoms with van der Waals surface area (Å²) >= 11 is 10.3. The van der Waals surface area contributed by atoms with Crippen LogP contribution in [0.3, 0.4) is 0 Å². The molecule has 2 heterocycles. The fourth-order valence-corrected chi connectivity index (χ4v) is 3.65. The van der Waals surface area contributed by atoms with Gasteiger partial charge in [-0.2, -0.15) is 0 Å². The zero-order chi connectivity index (χ0) is 14.4. The second-order valence-corrected chi connectivity index (χ2v) is 6.37. The number of aromatic hydroxyl groups is 1. The van der Waals surface area contributed by atoms with Gasteiger partial charge in [0.1, 0.15) is 20.8 Å². The van der Waals surface area contributed by atoms with Crippen molar-refractivity contribution in [3.05, 3.63) is 50.0 Å². The van der Waals surface area contributed by atoms with Crippen LogP contribution >= 0.6 is 47.8 Å². The van der Waals surface area contributed by atoms with Crippen molar-refractivity contribution in [1.82, 2.24) is 9.55 Å². The Bertz CT molecular complexity index is 815. The van der Waals surface area contributed by atoms with Gasteiger partial charge < -0.3 is 9.67 Å². The van der Waals surface area contributed by atoms with E-state index in [4.69, 9.17) is 0 Å². The van der Waals surface area contributed by atoms with Crippen LogP contribution < -0.4 is 0 Å². The van der Waals surface area contributed by atoms with Crippen LogP contribution in [0.1, 0.15) is 0 Å². The Morgan fingerprint density at radius 3 is 2.40 bits per heavy atom. The van der Waals surface area contributed by atoms with Crippen LogP contribution in [0.25, 0.3) is 16.6 Å². The van der Waals surface area contributed by atoms with Crippen molar-refractivity contribution in [3.63, 3.8) is 0 Å². The van der Waals surface area contributed by atoms with Gasteiger partial charge in [0.2, 0.25) is 0 Å². The molecule has 0 aliphatic heterocycles. The van der Waals surface area contributed by atoms with Gasteiger partial charge >= 0.3 is 0 Å². The van der Waals surface area contributed by atoms with Crippen LogP contribution in [0.4, 0.5) is 4.39 Å². The van der Waals surface area contributed by atoms with Crippen molar-refractivity contribution in [2.45, 2.75) is 0 Å². The van der Waals surface area contributed by atoms with Gasteiger partial charge in [-0.1, -0.05) is 0 Å². The van der Waals surface area contributed by atoms with E-state index >= 15 is 0 Å². The van der Waals surface area contributed by atoms with E-state index in [9.17, 15) is 9.50 Å². The Morgan fingerprint density at radius 2 is 1.75 bits per heavy atom. The molecule has 0 aliphatic carbocycles. The third kappa shape index (κ3) is 2.08. The van der Waals surface area contributed by atoms with Crippen molar-refractivity contribution >= 4 is 58.7 Å². The Labute approximate surface area is 138 Å². The monoisotopic (exact) mass is 462 g/mol. The molecule has 7 heteroatoms. The SMILES string of the molecule is Oc1cnc(Br)c2c1c(Br)c(Br)n2-c1ccc(F)cc1. The average Bonchev–Trinajstić information content (AvgIpc) is 2.70. The maximum Gasteiger partial charge on any atom is 0.144 e. The molecule has 0 amide bonds. The molecule has 0 spiro atoms. The molecule has 102 valence electrons. The van der Waals surface area contributed by atoms with Crippen LogP contribution in [0.5, 0.6) is 5.75 Å². The Hall–Kier alpha value is -0.920. The Morgan fingerprint density at radius 1 is 1.10 bits per heavy atom. The van der Waals surface area contributed by atoms with Crippen LogP contribution in [0.15, 0.2) is 44.1 Å². The highest BCUT2D eigenvalue weighted by atomic mass is 79.9. The van der Waals surface area contributed by atoms with Crippen molar-refractivity contribution in [1.29, 1.82) is 0 Å². The molecule has 1 N–H and O–H groups in total. The zero-order valence-electron chi connectivity index (χ0n) is 9.74. The molecule has 0 radical (unpaired) electrons. The molecular weight excluding hydrogens is 459 g/mol. The van der Waals surface area contributed by atoms with Crippen molar-refractivity contribution < 1.29 is 9.50 Å². The molecule has 0 aliphatic rings. The maximum atomic E-state index is 13.1. The number of rotatable bonds is 1. The number of hydrogen-bond donors (Lipinski definition) is 1. The molecule has 0 bridgehead atoms. The highest BCUT2D eigenvalue weighted by Gasteiger charge is 2.20. The van der Waals surface area contributed by atoms with Gasteiger partial charge in [-0.25, -0.2) is 9.37 Å². The third-order valence-electron chi connectivity index (χ3n) is 2.89. The summed E-state index contributed by atoms with van der Waals surface area (Å²) in [4.78, 5) is 4.10. The first-order valence-electron chi connectivity index (χ1n) is 5.49. The van der Waals surface area contributed by atoms with E-state index in [1.54, 1.807) is 12.1 Å². The molecule has 0 saturated heterocycles. The van der Waals surface area contributed by atoms with Gasteiger partial charge in [-0.05, 0) is 72.1 Å². The topological polar surface area (TPSA) is 38.1 Å². The van der Waals surface area contributed by atoms with Gasteiger partial charge in [0.25, 0.3) is 0 Å². The molecule has 0 fully saturated rings. The molecule has 2 aromatic heterocycles. The summed E-state index contributed by atoms with van der Waals surface area (Å²) in [6.45, 7) is 0. The minimum Gasteiger partial charge on any atom is -0.506 e. The van der Waals surface area contributed by atoms with Crippen molar-refractivity contribution in [2.24, 2.45) is 0 Å². The van der Waals surface area contributed by atoms with E-state index in [2.05, 4.69) is 52.8 Å². The first-order valence-corrected chi connectivity index (χ1v) is 7.87. The van der Waals surface area contributed by atoms with Crippen LogP contribution in [-0.4, -0.2) is 14.7 Å². The van der Waals surface area contributed by atoms with E-state index in [1.807, 2.05) is 4.57 Å². The minimum atomic E-state index is -0.305. The molecule has 0 atom stereocenters. The summed E-state index contributed by atoms with van der Waals surface area (Å²) in [5, 5.41) is 10.6. The van der Waals surface area contributed by atoms with Gasteiger partial charge in [-0.3, -0.25) is 0 Å². The smallest absolute Gasteiger partial charge is 0.144 e. The van der Waals surface area contributed by atoms with Crippen LogP contribution in [-0.2, 0) is 0 Å². The number of benzene rings is 1. The van der Waals surface area contributed by atoms with E-state index in [0.29, 0.717) is 24.6 Å². The number of halogens is 4. The lowest BCUT2D eigenvalue weighted by Gasteiger charge is -2.08. The molecule has 20 heavy (non-hydrogen) atoms.